The van der Waals surface area contributed by atoms with Crippen molar-refractivity contribution in [3.05, 3.63) is 29.8 Å². The minimum Gasteiger partial charge on any atom is -0.239 e. The van der Waals surface area contributed by atoms with Crippen LogP contribution < -0.4 is 0 Å². The molecule has 1 aromatic rings. The molecule has 0 atom stereocenters. The molecule has 0 heterocycles. The van der Waals surface area contributed by atoms with E-state index in [9.17, 15) is 21.6 Å². The van der Waals surface area contributed by atoms with Gasteiger partial charge >= 0.3 is 5.76 Å². The Balaban J connectivity index is 2.31. The summed E-state index contributed by atoms with van der Waals surface area (Å²) >= 11 is 0. The molecule has 1 aliphatic carbocycles. The highest BCUT2D eigenvalue weighted by molar-refractivity contribution is 7.91. The third-order valence-corrected chi connectivity index (χ3v) is 4.48. The third-order valence-electron chi connectivity index (χ3n) is 3.08. The molecule has 1 saturated carbocycles. The van der Waals surface area contributed by atoms with Crippen LogP contribution in [-0.2, 0) is 15.5 Å². The van der Waals surface area contributed by atoms with Crippen molar-refractivity contribution in [2.24, 2.45) is 0 Å². The quantitative estimate of drug-likeness (QED) is 0.841. The Morgan fingerprint density at radius 3 is 2.00 bits per heavy atom. The first-order valence-electron chi connectivity index (χ1n) is 5.18. The fourth-order valence-corrected chi connectivity index (χ4v) is 2.54. The minimum absolute atomic E-state index is 0.358. The predicted octanol–water partition coefficient (Wildman–Crippen LogP) is 3.03. The Morgan fingerprint density at radius 2 is 1.65 bits per heavy atom. The second-order valence-corrected chi connectivity index (χ2v) is 6.07. The van der Waals surface area contributed by atoms with Gasteiger partial charge in [0.25, 0.3) is 0 Å². The van der Waals surface area contributed by atoms with E-state index in [1.165, 1.54) is 12.1 Å². The van der Waals surface area contributed by atoms with E-state index < -0.39 is 26.2 Å². The van der Waals surface area contributed by atoms with Crippen LogP contribution in [0.3, 0.4) is 0 Å². The van der Waals surface area contributed by atoms with Gasteiger partial charge in [-0.05, 0) is 37.0 Å². The molecule has 0 bridgehead atoms. The van der Waals surface area contributed by atoms with Crippen molar-refractivity contribution in [1.29, 1.82) is 0 Å². The zero-order chi connectivity index (χ0) is 12.7. The maximum absolute atomic E-state index is 13.9. The number of hydrogen-bond acceptors (Lipinski definition) is 2. The van der Waals surface area contributed by atoms with E-state index in [0.29, 0.717) is 18.4 Å². The molecule has 2 nitrogen and oxygen atoms in total. The van der Waals surface area contributed by atoms with Gasteiger partial charge in [-0.1, -0.05) is 12.1 Å². The SMILES string of the molecule is O=S(=O)(c1ccc(C2(F)CCC2)cc1)C(F)F. The van der Waals surface area contributed by atoms with E-state index in [4.69, 9.17) is 0 Å². The summed E-state index contributed by atoms with van der Waals surface area (Å²) in [4.78, 5) is -0.473. The van der Waals surface area contributed by atoms with Gasteiger partial charge < -0.3 is 0 Å². The maximum Gasteiger partial charge on any atom is 0.341 e. The zero-order valence-corrected chi connectivity index (χ0v) is 9.68. The maximum atomic E-state index is 13.9. The van der Waals surface area contributed by atoms with Gasteiger partial charge in [-0.15, -0.1) is 0 Å². The summed E-state index contributed by atoms with van der Waals surface area (Å²) in [6.45, 7) is 0. The monoisotopic (exact) mass is 264 g/mol. The van der Waals surface area contributed by atoms with Crippen LogP contribution in [-0.4, -0.2) is 14.2 Å². The first-order chi connectivity index (χ1) is 7.86. The number of benzene rings is 1. The van der Waals surface area contributed by atoms with Crippen molar-refractivity contribution in [3.63, 3.8) is 0 Å². The molecule has 17 heavy (non-hydrogen) atoms. The van der Waals surface area contributed by atoms with Crippen molar-refractivity contribution in [3.8, 4) is 0 Å². The first-order valence-corrected chi connectivity index (χ1v) is 6.72. The highest BCUT2D eigenvalue weighted by Crippen LogP contribution is 2.45. The van der Waals surface area contributed by atoms with Crippen LogP contribution in [0, 0.1) is 0 Å². The molecule has 0 saturated heterocycles. The summed E-state index contributed by atoms with van der Waals surface area (Å²) in [7, 11) is -4.58. The fourth-order valence-electron chi connectivity index (χ4n) is 1.82. The van der Waals surface area contributed by atoms with Gasteiger partial charge in [0, 0.05) is 0 Å². The molecule has 1 fully saturated rings. The Labute approximate surface area is 97.4 Å². The number of hydrogen-bond donors (Lipinski definition) is 0. The average molecular weight is 264 g/mol. The van der Waals surface area contributed by atoms with Crippen LogP contribution in [0.25, 0.3) is 0 Å². The number of rotatable bonds is 3. The second-order valence-electron chi connectivity index (χ2n) is 4.15. The molecule has 0 amide bonds. The summed E-state index contributed by atoms with van der Waals surface area (Å²) < 4.78 is 60.7. The van der Waals surface area contributed by atoms with E-state index in [-0.39, 0.29) is 0 Å². The lowest BCUT2D eigenvalue weighted by atomic mass is 9.77. The Kier molecular flexibility index (Phi) is 2.93. The summed E-state index contributed by atoms with van der Waals surface area (Å²) in [6, 6.07) is 4.62. The number of sulfone groups is 1. The summed E-state index contributed by atoms with van der Waals surface area (Å²) in [6.07, 6.45) is 1.58. The van der Waals surface area contributed by atoms with Crippen molar-refractivity contribution >= 4 is 9.84 Å². The summed E-state index contributed by atoms with van der Waals surface area (Å²) in [5.74, 6) is -3.45. The average Bonchev–Trinajstić information content (AvgIpc) is 2.26. The zero-order valence-electron chi connectivity index (χ0n) is 8.87. The number of alkyl halides is 3. The highest BCUT2D eigenvalue weighted by Gasteiger charge is 2.39. The lowest BCUT2D eigenvalue weighted by molar-refractivity contribution is 0.0608. The molecule has 1 aromatic carbocycles. The smallest absolute Gasteiger partial charge is 0.239 e. The molecule has 6 heteroatoms. The van der Waals surface area contributed by atoms with E-state index >= 15 is 0 Å². The van der Waals surface area contributed by atoms with E-state index in [0.717, 1.165) is 18.6 Å². The van der Waals surface area contributed by atoms with Gasteiger partial charge in [-0.25, -0.2) is 12.8 Å². The Bertz CT molecular complexity index is 504. The van der Waals surface area contributed by atoms with Gasteiger partial charge in [0.05, 0.1) is 4.90 Å². The van der Waals surface area contributed by atoms with Crippen LogP contribution in [0.4, 0.5) is 13.2 Å². The van der Waals surface area contributed by atoms with Crippen LogP contribution in [0.5, 0.6) is 0 Å². The predicted molar refractivity (Wildman–Crippen MR) is 56.3 cm³/mol. The number of halogens is 3. The molecular weight excluding hydrogens is 253 g/mol. The van der Waals surface area contributed by atoms with Crippen LogP contribution >= 0.6 is 0 Å². The second kappa shape index (κ2) is 4.01. The molecular formula is C11H11F3O2S. The largest absolute Gasteiger partial charge is 0.341 e. The topological polar surface area (TPSA) is 34.1 Å². The molecule has 0 radical (unpaired) electrons. The van der Waals surface area contributed by atoms with E-state index in [1.807, 2.05) is 0 Å². The standard InChI is InChI=1S/C11H11F3O2S/c12-10(13)17(15,16)9-4-2-8(3-5-9)11(14)6-1-7-11/h2-5,10H,1,6-7H2. The van der Waals surface area contributed by atoms with Gasteiger partial charge in [0.15, 0.2) is 0 Å². The highest BCUT2D eigenvalue weighted by atomic mass is 32.2. The van der Waals surface area contributed by atoms with Gasteiger partial charge in [0.2, 0.25) is 9.84 Å². The van der Waals surface area contributed by atoms with E-state index in [2.05, 4.69) is 0 Å². The molecule has 1 aliphatic rings. The molecule has 0 N–H and O–H groups in total. The third kappa shape index (κ3) is 2.06. The van der Waals surface area contributed by atoms with Gasteiger partial charge in [0.1, 0.15) is 5.67 Å². The van der Waals surface area contributed by atoms with E-state index in [1.54, 1.807) is 0 Å². The molecule has 94 valence electrons. The molecule has 0 unspecified atom stereocenters. The molecule has 0 spiro atoms. The molecule has 2 rings (SSSR count). The van der Waals surface area contributed by atoms with Crippen molar-refractivity contribution in [1.82, 2.24) is 0 Å². The lowest BCUT2D eigenvalue weighted by Gasteiger charge is -2.34. The summed E-state index contributed by atoms with van der Waals surface area (Å²) in [5, 5.41) is 0. The van der Waals surface area contributed by atoms with Gasteiger partial charge in [-0.3, -0.25) is 0 Å². The van der Waals surface area contributed by atoms with Crippen molar-refractivity contribution in [2.75, 3.05) is 0 Å². The van der Waals surface area contributed by atoms with Crippen LogP contribution in [0.15, 0.2) is 29.2 Å². The van der Waals surface area contributed by atoms with Crippen LogP contribution in [0.2, 0.25) is 0 Å². The Hall–Kier alpha value is -1.04. The van der Waals surface area contributed by atoms with Crippen LogP contribution in [0.1, 0.15) is 24.8 Å². The van der Waals surface area contributed by atoms with Gasteiger partial charge in [-0.2, -0.15) is 8.78 Å². The lowest BCUT2D eigenvalue weighted by Crippen LogP contribution is -2.28. The molecule has 0 aromatic heterocycles. The normalized spacial score (nSPS) is 19.1. The summed E-state index contributed by atoms with van der Waals surface area (Å²) in [5.41, 5.74) is -1.05. The van der Waals surface area contributed by atoms with Crippen molar-refractivity contribution in [2.45, 2.75) is 35.6 Å². The Morgan fingerprint density at radius 1 is 1.12 bits per heavy atom. The minimum atomic E-state index is -4.58. The first kappa shape index (κ1) is 12.4. The molecule has 0 aliphatic heterocycles. The van der Waals surface area contributed by atoms with Crippen molar-refractivity contribution < 1.29 is 21.6 Å². The fraction of sp³-hybridized carbons (Fsp3) is 0.455.